The molecule has 17 heavy (non-hydrogen) atoms. The van der Waals surface area contributed by atoms with Crippen molar-refractivity contribution in [1.29, 1.82) is 0 Å². The number of rotatable bonds is 2. The molecule has 88 valence electrons. The number of hydrogen-bond acceptors (Lipinski definition) is 3. The predicted octanol–water partition coefficient (Wildman–Crippen LogP) is 2.97. The molecular weight excluding hydrogens is 224 g/mol. The van der Waals surface area contributed by atoms with Crippen LogP contribution in [0.2, 0.25) is 0 Å². The van der Waals surface area contributed by atoms with E-state index in [1.165, 1.54) is 12.1 Å². The van der Waals surface area contributed by atoms with Crippen LogP contribution in [-0.4, -0.2) is 9.97 Å². The molecule has 0 fully saturated rings. The Hall–Kier alpha value is -2.04. The molecule has 5 heteroatoms. The molecule has 0 saturated heterocycles. The molecule has 3 nitrogen and oxygen atoms in total. The fourth-order valence-electron chi connectivity index (χ4n) is 1.50. The van der Waals surface area contributed by atoms with E-state index in [-0.39, 0.29) is 5.56 Å². The van der Waals surface area contributed by atoms with Crippen LogP contribution in [0.25, 0.3) is 11.4 Å². The molecule has 0 aliphatic heterocycles. The second kappa shape index (κ2) is 4.45. The molecule has 0 aliphatic rings. The molecule has 0 bridgehead atoms. The van der Waals surface area contributed by atoms with Gasteiger partial charge >= 0.3 is 0 Å². The van der Waals surface area contributed by atoms with Crippen molar-refractivity contribution in [2.45, 2.75) is 13.3 Å². The topological polar surface area (TPSA) is 51.8 Å². The third-order valence-corrected chi connectivity index (χ3v) is 2.29. The summed E-state index contributed by atoms with van der Waals surface area (Å²) in [5.41, 5.74) is 7.00. The lowest BCUT2D eigenvalue weighted by atomic mass is 10.1. The molecule has 0 spiro atoms. The van der Waals surface area contributed by atoms with Gasteiger partial charge in [-0.05, 0) is 6.92 Å². The van der Waals surface area contributed by atoms with Gasteiger partial charge in [0.1, 0.15) is 5.82 Å². The maximum atomic E-state index is 12.4. The Labute approximate surface area is 97.3 Å². The number of aromatic nitrogens is 2. The van der Waals surface area contributed by atoms with E-state index in [9.17, 15) is 8.78 Å². The van der Waals surface area contributed by atoms with Crippen LogP contribution < -0.4 is 5.73 Å². The average molecular weight is 235 g/mol. The molecule has 0 unspecified atom stereocenters. The van der Waals surface area contributed by atoms with E-state index in [1.807, 2.05) is 0 Å². The van der Waals surface area contributed by atoms with E-state index in [2.05, 4.69) is 9.97 Å². The van der Waals surface area contributed by atoms with Gasteiger partial charge in [-0.1, -0.05) is 24.3 Å². The molecule has 0 saturated carbocycles. The van der Waals surface area contributed by atoms with Crippen molar-refractivity contribution in [1.82, 2.24) is 9.97 Å². The normalized spacial score (nSPS) is 10.8. The first-order valence-electron chi connectivity index (χ1n) is 5.06. The van der Waals surface area contributed by atoms with E-state index in [0.29, 0.717) is 17.2 Å². The summed E-state index contributed by atoms with van der Waals surface area (Å²) >= 11 is 0. The number of nitrogens with zero attached hydrogens (tertiary/aromatic N) is 2. The van der Waals surface area contributed by atoms with Gasteiger partial charge in [0.2, 0.25) is 0 Å². The van der Waals surface area contributed by atoms with Gasteiger partial charge in [-0.2, -0.15) is 0 Å². The van der Waals surface area contributed by atoms with Crippen LogP contribution in [-0.2, 0) is 0 Å². The van der Waals surface area contributed by atoms with E-state index >= 15 is 0 Å². The van der Waals surface area contributed by atoms with Crippen LogP contribution in [0.3, 0.4) is 0 Å². The first-order valence-corrected chi connectivity index (χ1v) is 5.06. The maximum Gasteiger partial charge on any atom is 0.263 e. The molecule has 1 aromatic heterocycles. The summed E-state index contributed by atoms with van der Waals surface area (Å²) in [6.45, 7) is 1.80. The second-order valence-electron chi connectivity index (χ2n) is 3.68. The van der Waals surface area contributed by atoms with Gasteiger partial charge in [0.15, 0.2) is 5.82 Å². The SMILES string of the molecule is Cc1cc(N)nc(-c2ccc(C(F)F)cc2)n1. The van der Waals surface area contributed by atoms with Crippen LogP contribution in [0.15, 0.2) is 30.3 Å². The molecule has 0 atom stereocenters. The largest absolute Gasteiger partial charge is 0.384 e. The summed E-state index contributed by atoms with van der Waals surface area (Å²) in [5, 5.41) is 0. The minimum atomic E-state index is -2.47. The number of halogens is 2. The minimum absolute atomic E-state index is 0.0191. The van der Waals surface area contributed by atoms with Crippen molar-refractivity contribution >= 4 is 5.82 Å². The van der Waals surface area contributed by atoms with E-state index in [1.54, 1.807) is 25.1 Å². The lowest BCUT2D eigenvalue weighted by Gasteiger charge is -2.04. The fraction of sp³-hybridized carbons (Fsp3) is 0.167. The van der Waals surface area contributed by atoms with E-state index in [0.717, 1.165) is 5.69 Å². The molecule has 1 aromatic carbocycles. The Morgan fingerprint density at radius 2 is 1.76 bits per heavy atom. The first kappa shape index (κ1) is 11.4. The van der Waals surface area contributed by atoms with Crippen molar-refractivity contribution < 1.29 is 8.78 Å². The summed E-state index contributed by atoms with van der Waals surface area (Å²) in [6, 6.07) is 7.51. The fourth-order valence-corrected chi connectivity index (χ4v) is 1.50. The third-order valence-electron chi connectivity index (χ3n) is 2.29. The summed E-state index contributed by atoms with van der Waals surface area (Å²) in [4.78, 5) is 8.26. The van der Waals surface area contributed by atoms with Crippen molar-refractivity contribution in [2.24, 2.45) is 0 Å². The maximum absolute atomic E-state index is 12.4. The van der Waals surface area contributed by atoms with Crippen LogP contribution in [0, 0.1) is 6.92 Å². The second-order valence-corrected chi connectivity index (χ2v) is 3.68. The van der Waals surface area contributed by atoms with Gasteiger partial charge in [0.25, 0.3) is 6.43 Å². The number of anilines is 1. The number of aryl methyl sites for hydroxylation is 1. The summed E-state index contributed by atoms with van der Waals surface area (Å²) < 4.78 is 24.8. The van der Waals surface area contributed by atoms with Crippen LogP contribution >= 0.6 is 0 Å². The zero-order chi connectivity index (χ0) is 12.4. The van der Waals surface area contributed by atoms with Crippen LogP contribution in [0.1, 0.15) is 17.7 Å². The summed E-state index contributed by atoms with van der Waals surface area (Å²) in [7, 11) is 0. The molecule has 0 amide bonds. The van der Waals surface area contributed by atoms with Gasteiger partial charge in [0.05, 0.1) is 0 Å². The Balaban J connectivity index is 2.39. The smallest absolute Gasteiger partial charge is 0.263 e. The number of nitrogen functional groups attached to an aromatic ring is 1. The van der Waals surface area contributed by atoms with Crippen molar-refractivity contribution in [2.75, 3.05) is 5.73 Å². The summed E-state index contributed by atoms with van der Waals surface area (Å²) in [6.07, 6.45) is -2.47. The van der Waals surface area contributed by atoms with Crippen molar-refractivity contribution in [3.63, 3.8) is 0 Å². The first-order chi connectivity index (χ1) is 8.06. The van der Waals surface area contributed by atoms with Gasteiger partial charge in [0, 0.05) is 22.9 Å². The van der Waals surface area contributed by atoms with E-state index < -0.39 is 6.43 Å². The highest BCUT2D eigenvalue weighted by Gasteiger charge is 2.08. The van der Waals surface area contributed by atoms with Gasteiger partial charge < -0.3 is 5.73 Å². The lowest BCUT2D eigenvalue weighted by molar-refractivity contribution is 0.151. The predicted molar refractivity (Wildman–Crippen MR) is 61.6 cm³/mol. The van der Waals surface area contributed by atoms with Crippen molar-refractivity contribution in [3.05, 3.63) is 41.6 Å². The Bertz CT molecular complexity index is 504. The molecule has 1 heterocycles. The van der Waals surface area contributed by atoms with Crippen LogP contribution in [0.5, 0.6) is 0 Å². The monoisotopic (exact) mass is 235 g/mol. The van der Waals surface area contributed by atoms with E-state index in [4.69, 9.17) is 5.73 Å². The molecule has 2 N–H and O–H groups in total. The number of hydrogen-bond donors (Lipinski definition) is 1. The zero-order valence-electron chi connectivity index (χ0n) is 9.19. The van der Waals surface area contributed by atoms with Gasteiger partial charge in [-0.25, -0.2) is 18.7 Å². The molecule has 2 rings (SSSR count). The van der Waals surface area contributed by atoms with Gasteiger partial charge in [-0.3, -0.25) is 0 Å². The Kier molecular flexibility index (Phi) is 2.99. The quantitative estimate of drug-likeness (QED) is 0.870. The van der Waals surface area contributed by atoms with Crippen LogP contribution in [0.4, 0.5) is 14.6 Å². The van der Waals surface area contributed by atoms with Crippen molar-refractivity contribution in [3.8, 4) is 11.4 Å². The Morgan fingerprint density at radius 3 is 2.29 bits per heavy atom. The highest BCUT2D eigenvalue weighted by molar-refractivity contribution is 5.57. The molecular formula is C12H11F2N3. The highest BCUT2D eigenvalue weighted by Crippen LogP contribution is 2.22. The summed E-state index contributed by atoms with van der Waals surface area (Å²) in [5.74, 6) is 0.814. The lowest BCUT2D eigenvalue weighted by Crippen LogP contribution is -1.97. The standard InChI is InChI=1S/C12H11F2N3/c1-7-6-10(15)17-12(16-7)9-4-2-8(3-5-9)11(13)14/h2-6,11H,1H3,(H2,15,16,17). The Morgan fingerprint density at radius 1 is 1.12 bits per heavy atom. The molecule has 2 aromatic rings. The minimum Gasteiger partial charge on any atom is -0.384 e. The zero-order valence-corrected chi connectivity index (χ0v) is 9.19. The molecule has 0 radical (unpaired) electrons. The average Bonchev–Trinajstić information content (AvgIpc) is 2.28. The third kappa shape index (κ3) is 2.55. The van der Waals surface area contributed by atoms with Gasteiger partial charge in [-0.15, -0.1) is 0 Å². The molecule has 0 aliphatic carbocycles. The number of nitrogens with two attached hydrogens (primary N) is 1. The highest BCUT2D eigenvalue weighted by atomic mass is 19.3. The number of benzene rings is 1. The number of alkyl halides is 2.